The van der Waals surface area contributed by atoms with Gasteiger partial charge >= 0.3 is 0 Å². The molecule has 0 bridgehead atoms. The van der Waals surface area contributed by atoms with Crippen molar-refractivity contribution in [1.82, 2.24) is 14.5 Å². The van der Waals surface area contributed by atoms with Gasteiger partial charge in [0.1, 0.15) is 11.6 Å². The Labute approximate surface area is 371 Å². The number of fused-ring (bicyclic) bond motifs is 1. The van der Waals surface area contributed by atoms with Crippen LogP contribution >= 0.6 is 0 Å². The normalized spacial score (nSPS) is 13.5. The molecule has 6 aromatic carbocycles. The van der Waals surface area contributed by atoms with E-state index in [2.05, 4.69) is 76.2 Å². The minimum atomic E-state index is -2.60. The first-order valence-electron chi connectivity index (χ1n) is 22.3. The van der Waals surface area contributed by atoms with E-state index in [1.165, 1.54) is 5.56 Å². The zero-order valence-corrected chi connectivity index (χ0v) is 37.1. The Morgan fingerprint density at radius 2 is 1.37 bits per heavy atom. The third-order valence-electron chi connectivity index (χ3n) is 10.9. The van der Waals surface area contributed by atoms with E-state index >= 15 is 0 Å². The summed E-state index contributed by atoms with van der Waals surface area (Å²) in [5.74, 6) is -1.70. The molecule has 2 heterocycles. The van der Waals surface area contributed by atoms with Crippen LogP contribution in [-0.2, 0) is 26.5 Å². The predicted octanol–water partition coefficient (Wildman–Crippen LogP) is 14.4. The van der Waals surface area contributed by atoms with Crippen LogP contribution in [0.25, 0.3) is 72.7 Å². The Morgan fingerprint density at radius 3 is 2.05 bits per heavy atom. The number of pyridine rings is 1. The fourth-order valence-corrected chi connectivity index (χ4v) is 7.78. The van der Waals surface area contributed by atoms with E-state index in [1.54, 1.807) is 58.0 Å². The summed E-state index contributed by atoms with van der Waals surface area (Å²) < 4.78 is 46.9. The van der Waals surface area contributed by atoms with Crippen LogP contribution in [0.3, 0.4) is 0 Å². The zero-order valence-electron chi connectivity index (χ0n) is 39.8. The monoisotopic (exact) mass is 958 g/mol. The van der Waals surface area contributed by atoms with Gasteiger partial charge in [0.2, 0.25) is 0 Å². The van der Waals surface area contributed by atoms with Gasteiger partial charge < -0.3 is 5.11 Å². The van der Waals surface area contributed by atoms with Gasteiger partial charge in [-0.05, 0) is 106 Å². The average Bonchev–Trinajstić information content (AvgIpc) is 3.62. The summed E-state index contributed by atoms with van der Waals surface area (Å²) in [6, 6.07) is 44.3. The smallest absolute Gasteiger partial charge is 0.148 e. The van der Waals surface area contributed by atoms with Crippen molar-refractivity contribution < 1.29 is 33.0 Å². The van der Waals surface area contributed by atoms with E-state index in [0.29, 0.717) is 50.4 Å². The van der Waals surface area contributed by atoms with Crippen LogP contribution in [0.2, 0.25) is 0 Å². The number of aryl methyl sites for hydroxylation is 2. The van der Waals surface area contributed by atoms with Crippen molar-refractivity contribution in [3.05, 3.63) is 167 Å². The van der Waals surface area contributed by atoms with Crippen molar-refractivity contribution in [2.45, 2.75) is 79.4 Å². The Bertz CT molecular complexity index is 2990. The molecule has 300 valence electrons. The fourth-order valence-electron chi connectivity index (χ4n) is 7.78. The first kappa shape index (κ1) is 35.4. The van der Waals surface area contributed by atoms with Gasteiger partial charge in [0.25, 0.3) is 0 Å². The molecule has 1 N–H and O–H groups in total. The second-order valence-electron chi connectivity index (χ2n) is 16.7. The molecule has 4 nitrogen and oxygen atoms in total. The molecule has 59 heavy (non-hydrogen) atoms. The number of rotatable bonds is 8. The quantitative estimate of drug-likeness (QED) is 0.154. The number of benzene rings is 6. The topological polar surface area (TPSA) is 50.9 Å². The Kier molecular flexibility index (Phi) is 9.95. The van der Waals surface area contributed by atoms with Crippen molar-refractivity contribution in [2.75, 3.05) is 0 Å². The summed E-state index contributed by atoms with van der Waals surface area (Å²) in [7, 11) is 0. The third kappa shape index (κ3) is 8.08. The SMILES string of the molecule is [2H]C([2H])([2H])c1cc(-c2c(C([2H])(C)C)cccc2C([2H])(C)C)ccc1-n1c(-c2ccccc2O)nc2c(-c3[c-]c(-c4cc(-c5ccc(C)cc5)ccn4)cc(C(C)(C)C)c3)cccc21.[Pt]. The van der Waals surface area contributed by atoms with E-state index in [9.17, 15) is 5.11 Å². The number of imidazole rings is 1. The van der Waals surface area contributed by atoms with Crippen LogP contribution in [-0.4, -0.2) is 19.6 Å². The largest absolute Gasteiger partial charge is 0.507 e. The molecule has 5 heteroatoms. The molecule has 8 aromatic rings. The summed E-state index contributed by atoms with van der Waals surface area (Å²) in [5.41, 5.74) is 12.2. The van der Waals surface area contributed by atoms with Crippen LogP contribution in [0, 0.1) is 19.8 Å². The number of aromatic hydroxyl groups is 1. The first-order valence-corrected chi connectivity index (χ1v) is 19.8. The van der Waals surface area contributed by atoms with Crippen LogP contribution < -0.4 is 0 Å². The maximum absolute atomic E-state index is 11.4. The van der Waals surface area contributed by atoms with Gasteiger partial charge in [-0.3, -0.25) is 9.55 Å². The molecule has 0 unspecified atom stereocenters. The second kappa shape index (κ2) is 16.6. The Hall–Kier alpha value is -5.57. The first-order chi connectivity index (χ1) is 29.6. The number of nitrogens with zero attached hydrogens (tertiary/aromatic N) is 3. The zero-order chi connectivity index (χ0) is 45.2. The van der Waals surface area contributed by atoms with Gasteiger partial charge in [-0.25, -0.2) is 4.98 Å². The van der Waals surface area contributed by atoms with Crippen molar-refractivity contribution in [2.24, 2.45) is 0 Å². The van der Waals surface area contributed by atoms with Gasteiger partial charge in [0.05, 0.1) is 22.3 Å². The maximum Gasteiger partial charge on any atom is 0.148 e. The Morgan fingerprint density at radius 1 is 0.712 bits per heavy atom. The van der Waals surface area contributed by atoms with Gasteiger partial charge in [0, 0.05) is 39.8 Å². The molecular weight excluding hydrogens is 902 g/mol. The fraction of sp³-hybridized carbons (Fsp3) is 0.222. The van der Waals surface area contributed by atoms with E-state index in [1.807, 2.05) is 65.4 Å². The second-order valence-corrected chi connectivity index (χ2v) is 16.7. The molecule has 0 aliphatic rings. The molecule has 0 fully saturated rings. The summed E-state index contributed by atoms with van der Waals surface area (Å²) in [4.78, 5) is 10.1. The number of para-hydroxylation sites is 2. The van der Waals surface area contributed by atoms with Crippen LogP contribution in [0.15, 0.2) is 134 Å². The molecular formula is C54H52N3OPt-. The average molecular weight is 959 g/mol. The third-order valence-corrected chi connectivity index (χ3v) is 10.9. The summed E-state index contributed by atoms with van der Waals surface area (Å²) >= 11 is 0. The molecule has 0 aliphatic carbocycles. The number of phenolic OH excluding ortho intramolecular Hbond substituents is 1. The number of aromatic nitrogens is 3. The predicted molar refractivity (Wildman–Crippen MR) is 243 cm³/mol. The molecule has 0 amide bonds. The van der Waals surface area contributed by atoms with E-state index in [4.69, 9.17) is 16.8 Å². The standard InChI is InChI=1S/C54H52N3O.Pt/c1-33(2)43-15-12-16-44(34(3)4)51(43)39-24-25-48(36(6)28-39)57-49-18-13-17-45(52(49)56-53(57)46-14-10-11-19-50(46)58)40-29-41(31-42(30-40)54(7,8)9)47-32-38(26-27-55-47)37-22-20-35(5)21-23-37;/h10-28,30-34,58H,1-9H3;/q-1;/i6D3,33D,34D;. The molecule has 0 saturated carbocycles. The number of hydrogen-bond acceptors (Lipinski definition) is 3. The molecule has 0 spiro atoms. The van der Waals surface area contributed by atoms with Crippen LogP contribution in [0.4, 0.5) is 0 Å². The van der Waals surface area contributed by atoms with Crippen molar-refractivity contribution >= 4 is 11.0 Å². The summed E-state index contributed by atoms with van der Waals surface area (Å²) in [5, 5.41) is 11.4. The summed E-state index contributed by atoms with van der Waals surface area (Å²) in [6.45, 7) is 13.2. The van der Waals surface area contributed by atoms with Gasteiger partial charge in [0.15, 0.2) is 0 Å². The number of phenols is 1. The molecule has 8 rings (SSSR count). The molecule has 2 aromatic heterocycles. The molecule has 0 aliphatic heterocycles. The molecule has 0 saturated heterocycles. The van der Waals surface area contributed by atoms with Crippen LogP contribution in [0.1, 0.15) is 94.9 Å². The molecule has 0 radical (unpaired) electrons. The van der Waals surface area contributed by atoms with Crippen molar-refractivity contribution in [3.8, 4) is 67.5 Å². The van der Waals surface area contributed by atoms with Crippen molar-refractivity contribution in [3.63, 3.8) is 0 Å². The van der Waals surface area contributed by atoms with Gasteiger partial charge in [-0.2, -0.15) is 0 Å². The minimum Gasteiger partial charge on any atom is -0.507 e. The maximum atomic E-state index is 11.4. The number of hydrogen-bond donors (Lipinski definition) is 1. The Balaban J connectivity index is 0.00000612. The van der Waals surface area contributed by atoms with E-state index in [0.717, 1.165) is 39.1 Å². The van der Waals surface area contributed by atoms with Gasteiger partial charge in [-0.1, -0.05) is 144 Å². The van der Waals surface area contributed by atoms with E-state index < -0.39 is 18.6 Å². The summed E-state index contributed by atoms with van der Waals surface area (Å²) in [6.07, 6.45) is 1.83. The van der Waals surface area contributed by atoms with Crippen LogP contribution in [0.5, 0.6) is 5.75 Å². The molecule has 0 atom stereocenters. The van der Waals surface area contributed by atoms with Crippen molar-refractivity contribution in [1.29, 1.82) is 0 Å². The van der Waals surface area contributed by atoms with E-state index in [-0.39, 0.29) is 37.8 Å². The minimum absolute atomic E-state index is 0. The van der Waals surface area contributed by atoms with Gasteiger partial charge in [-0.15, -0.1) is 29.3 Å².